The third-order valence-electron chi connectivity index (χ3n) is 1.48. The molecule has 1 heterocycles. The molecule has 0 fully saturated rings. The molecule has 3 heteroatoms. The van der Waals surface area contributed by atoms with Crippen molar-refractivity contribution in [3.8, 4) is 5.75 Å². The van der Waals surface area contributed by atoms with Crippen LogP contribution in [0.5, 0.6) is 5.75 Å². The van der Waals surface area contributed by atoms with Gasteiger partial charge in [0.05, 0.1) is 0 Å². The molecule has 0 aliphatic heterocycles. The van der Waals surface area contributed by atoms with Gasteiger partial charge in [-0.3, -0.25) is 0 Å². The van der Waals surface area contributed by atoms with Crippen LogP contribution in [0.2, 0.25) is 0 Å². The van der Waals surface area contributed by atoms with E-state index in [2.05, 4.69) is 4.98 Å². The van der Waals surface area contributed by atoms with Crippen LogP contribution < -0.4 is 0 Å². The first-order valence-electron chi connectivity index (χ1n) is 3.32. The molecule has 0 unspecified atom stereocenters. The molecule has 1 N–H and O–H groups in total. The third kappa shape index (κ3) is 1.17. The van der Waals surface area contributed by atoms with Crippen molar-refractivity contribution in [3.05, 3.63) is 22.8 Å². The molecule has 56 valence electrons. The molecule has 0 aliphatic carbocycles. The van der Waals surface area contributed by atoms with E-state index in [4.69, 9.17) is 5.11 Å². The Kier molecular flexibility index (Phi) is 1.48. The Hall–Kier alpha value is -0.791. The molecular weight excluding hydrogens is 205 g/mol. The number of aromatic nitrogens is 1. The van der Waals surface area contributed by atoms with Crippen LogP contribution in [0.1, 0.15) is 4.57 Å². The van der Waals surface area contributed by atoms with E-state index in [0.717, 1.165) is 5.52 Å². The van der Waals surface area contributed by atoms with E-state index in [1.165, 1.54) is 8.83 Å². The fourth-order valence-corrected chi connectivity index (χ4v) is 2.73. The van der Waals surface area contributed by atoms with Gasteiger partial charge < -0.3 is 0 Å². The summed E-state index contributed by atoms with van der Waals surface area (Å²) >= 11 is 0.392. The maximum absolute atomic E-state index is 9.12. The molecule has 0 atom stereocenters. The van der Waals surface area contributed by atoms with Crippen LogP contribution >= 0.6 is 0 Å². The second-order valence-electron chi connectivity index (χ2n) is 2.38. The van der Waals surface area contributed by atoms with Gasteiger partial charge in [-0.05, 0) is 0 Å². The number of rotatable bonds is 0. The van der Waals surface area contributed by atoms with Gasteiger partial charge in [0.25, 0.3) is 0 Å². The number of hydrogen-bond donors (Lipinski definition) is 1. The molecule has 0 bridgehead atoms. The molecule has 0 spiro atoms. The van der Waals surface area contributed by atoms with E-state index in [-0.39, 0.29) is 0 Å². The SMILES string of the molecule is Cc1nc2cc(O)ccc2[se]1. The van der Waals surface area contributed by atoms with Crippen LogP contribution in [0.4, 0.5) is 0 Å². The third-order valence-corrected chi connectivity index (χ3v) is 3.48. The predicted molar refractivity (Wildman–Crippen MR) is 45.1 cm³/mol. The Morgan fingerprint density at radius 3 is 3.09 bits per heavy atom. The van der Waals surface area contributed by atoms with E-state index in [1.54, 1.807) is 12.1 Å². The van der Waals surface area contributed by atoms with E-state index in [1.807, 2.05) is 13.0 Å². The minimum atomic E-state index is 0.304. The number of aromatic hydroxyl groups is 1. The number of phenolic OH excluding ortho intramolecular Hbond substituents is 1. The van der Waals surface area contributed by atoms with Gasteiger partial charge in [-0.2, -0.15) is 0 Å². The van der Waals surface area contributed by atoms with Gasteiger partial charge in [0, 0.05) is 0 Å². The Bertz CT molecular complexity index is 394. The van der Waals surface area contributed by atoms with E-state index in [9.17, 15) is 0 Å². The zero-order valence-electron chi connectivity index (χ0n) is 6.03. The van der Waals surface area contributed by atoms with E-state index < -0.39 is 0 Å². The summed E-state index contributed by atoms with van der Waals surface area (Å²) in [6, 6.07) is 5.38. The van der Waals surface area contributed by atoms with Gasteiger partial charge in [0.2, 0.25) is 0 Å². The quantitative estimate of drug-likeness (QED) is 0.668. The molecule has 2 nitrogen and oxygen atoms in total. The molecule has 0 saturated heterocycles. The molecule has 2 rings (SSSR count). The molecule has 1 aromatic heterocycles. The number of aryl methyl sites for hydroxylation is 1. The topological polar surface area (TPSA) is 33.1 Å². The Balaban J connectivity index is 2.82. The van der Waals surface area contributed by atoms with Crippen LogP contribution in [0.3, 0.4) is 0 Å². The van der Waals surface area contributed by atoms with Crippen molar-refractivity contribution in [2.45, 2.75) is 6.92 Å². The molecule has 0 aliphatic rings. The standard InChI is InChI=1S/C8H7NOSe/c1-5-9-7-4-6(10)2-3-8(7)11-5/h2-4,10H,1H3. The van der Waals surface area contributed by atoms with Gasteiger partial charge >= 0.3 is 69.8 Å². The van der Waals surface area contributed by atoms with Crippen LogP contribution in [0.15, 0.2) is 18.2 Å². The van der Waals surface area contributed by atoms with Crippen LogP contribution in [0, 0.1) is 6.92 Å². The Morgan fingerprint density at radius 1 is 1.45 bits per heavy atom. The van der Waals surface area contributed by atoms with Gasteiger partial charge in [0.1, 0.15) is 0 Å². The summed E-state index contributed by atoms with van der Waals surface area (Å²) in [4.78, 5) is 4.30. The van der Waals surface area contributed by atoms with Crippen molar-refractivity contribution in [2.24, 2.45) is 0 Å². The summed E-state index contributed by atoms with van der Waals surface area (Å²) in [5.41, 5.74) is 0.947. The fraction of sp³-hybridized carbons (Fsp3) is 0.125. The van der Waals surface area contributed by atoms with E-state index >= 15 is 0 Å². The molecule has 0 radical (unpaired) electrons. The Morgan fingerprint density at radius 2 is 2.27 bits per heavy atom. The first kappa shape index (κ1) is 6.89. The zero-order valence-corrected chi connectivity index (χ0v) is 7.75. The number of benzene rings is 1. The molecular formula is C8H7NOSe. The second-order valence-corrected chi connectivity index (χ2v) is 4.98. The fourth-order valence-electron chi connectivity index (χ4n) is 1.03. The summed E-state index contributed by atoms with van der Waals surface area (Å²) in [7, 11) is 0. The molecule has 0 amide bonds. The van der Waals surface area contributed by atoms with Gasteiger partial charge in [0.15, 0.2) is 0 Å². The average Bonchev–Trinajstić information content (AvgIpc) is 2.27. The van der Waals surface area contributed by atoms with E-state index in [0.29, 0.717) is 20.3 Å². The van der Waals surface area contributed by atoms with Crippen molar-refractivity contribution < 1.29 is 5.11 Å². The van der Waals surface area contributed by atoms with Crippen LogP contribution in [-0.2, 0) is 0 Å². The summed E-state index contributed by atoms with van der Waals surface area (Å²) in [6.45, 7) is 2.02. The van der Waals surface area contributed by atoms with Crippen molar-refractivity contribution in [1.82, 2.24) is 4.98 Å². The number of hydrogen-bond acceptors (Lipinski definition) is 2. The average molecular weight is 212 g/mol. The number of fused-ring (bicyclic) bond motifs is 1. The zero-order chi connectivity index (χ0) is 7.84. The van der Waals surface area contributed by atoms with Crippen molar-refractivity contribution in [2.75, 3.05) is 0 Å². The van der Waals surface area contributed by atoms with Gasteiger partial charge in [-0.25, -0.2) is 0 Å². The first-order chi connectivity index (χ1) is 5.25. The van der Waals surface area contributed by atoms with Crippen molar-refractivity contribution in [3.63, 3.8) is 0 Å². The van der Waals surface area contributed by atoms with Gasteiger partial charge in [-0.1, -0.05) is 0 Å². The van der Waals surface area contributed by atoms with Crippen LogP contribution in [0.25, 0.3) is 9.78 Å². The molecule has 11 heavy (non-hydrogen) atoms. The summed E-state index contributed by atoms with van der Waals surface area (Å²) in [5, 5.41) is 9.12. The number of nitrogens with zero attached hydrogens (tertiary/aromatic N) is 1. The van der Waals surface area contributed by atoms with Crippen molar-refractivity contribution in [1.29, 1.82) is 0 Å². The normalized spacial score (nSPS) is 10.6. The maximum atomic E-state index is 9.12. The van der Waals surface area contributed by atoms with Gasteiger partial charge in [-0.15, -0.1) is 0 Å². The van der Waals surface area contributed by atoms with Crippen LogP contribution in [-0.4, -0.2) is 24.6 Å². The molecule has 0 saturated carbocycles. The monoisotopic (exact) mass is 213 g/mol. The van der Waals surface area contributed by atoms with Crippen molar-refractivity contribution >= 4 is 24.3 Å². The summed E-state index contributed by atoms with van der Waals surface area (Å²) in [6.07, 6.45) is 0. The summed E-state index contributed by atoms with van der Waals surface area (Å²) < 4.78 is 2.45. The summed E-state index contributed by atoms with van der Waals surface area (Å²) in [5.74, 6) is 0.304. The predicted octanol–water partition coefficient (Wildman–Crippen LogP) is 1.31. The first-order valence-corrected chi connectivity index (χ1v) is 5.03. The molecule has 2 aromatic rings. The minimum absolute atomic E-state index is 0.304. The second kappa shape index (κ2) is 2.36. The number of phenols is 1. The molecule has 1 aromatic carbocycles. The Labute approximate surface area is 70.2 Å².